The zero-order valence-corrected chi connectivity index (χ0v) is 16.8. The van der Waals surface area contributed by atoms with Crippen LogP contribution in [0.3, 0.4) is 0 Å². The molecule has 1 saturated heterocycles. The summed E-state index contributed by atoms with van der Waals surface area (Å²) in [6.45, 7) is 4.28. The molecule has 2 aromatic carbocycles. The van der Waals surface area contributed by atoms with Gasteiger partial charge in [0.25, 0.3) is 0 Å². The molecule has 0 amide bonds. The maximum atomic E-state index is 13.4. The number of hydrogen-bond donors (Lipinski definition) is 2. The van der Waals surface area contributed by atoms with E-state index in [2.05, 4.69) is 26.6 Å². The highest BCUT2D eigenvalue weighted by Crippen LogP contribution is 2.27. The van der Waals surface area contributed by atoms with E-state index in [0.29, 0.717) is 32.3 Å². The predicted octanol–water partition coefficient (Wildman–Crippen LogP) is 3.22. The second-order valence-electron chi connectivity index (χ2n) is 6.62. The predicted molar refractivity (Wildman–Crippen MR) is 111 cm³/mol. The Kier molecular flexibility index (Phi) is 7.65. The number of nitrogens with zero attached hydrogens (tertiary/aromatic N) is 2. The summed E-state index contributed by atoms with van der Waals surface area (Å²) in [6, 6.07) is 14.6. The van der Waals surface area contributed by atoms with E-state index in [9.17, 15) is 4.39 Å². The first-order valence-electron chi connectivity index (χ1n) is 9.42. The molecule has 0 aliphatic carbocycles. The summed E-state index contributed by atoms with van der Waals surface area (Å²) in [5.74, 6) is 0.419. The fourth-order valence-electron chi connectivity index (χ4n) is 3.32. The molecule has 0 aromatic heterocycles. The third kappa shape index (κ3) is 5.67. The Labute approximate surface area is 170 Å². The third-order valence-electron chi connectivity index (χ3n) is 4.79. The number of benzene rings is 2. The molecule has 1 heterocycles. The number of aliphatic imine (C=N–C) groups is 1. The van der Waals surface area contributed by atoms with Crippen LogP contribution in [0.15, 0.2) is 53.5 Å². The number of halogens is 2. The van der Waals surface area contributed by atoms with Gasteiger partial charge in [-0.05, 0) is 29.3 Å². The highest BCUT2D eigenvalue weighted by molar-refractivity contribution is 6.31. The molecular weight excluding hydrogens is 379 g/mol. The van der Waals surface area contributed by atoms with Crippen molar-refractivity contribution in [2.24, 2.45) is 4.99 Å². The molecule has 2 aromatic rings. The van der Waals surface area contributed by atoms with E-state index >= 15 is 0 Å². The maximum Gasteiger partial charge on any atom is 0.191 e. The second kappa shape index (κ2) is 10.4. The van der Waals surface area contributed by atoms with Crippen molar-refractivity contribution < 1.29 is 9.13 Å². The zero-order chi connectivity index (χ0) is 19.8. The van der Waals surface area contributed by atoms with Gasteiger partial charge in [0.05, 0.1) is 19.3 Å². The van der Waals surface area contributed by atoms with Gasteiger partial charge in [0, 0.05) is 38.2 Å². The Morgan fingerprint density at radius 1 is 1.18 bits per heavy atom. The molecule has 150 valence electrons. The molecule has 0 spiro atoms. The first-order valence-corrected chi connectivity index (χ1v) is 9.80. The lowest BCUT2D eigenvalue weighted by atomic mass is 10.0. The molecule has 2 N–H and O–H groups in total. The van der Waals surface area contributed by atoms with Gasteiger partial charge in [0.2, 0.25) is 0 Å². The lowest BCUT2D eigenvalue weighted by Gasteiger charge is -2.35. The number of rotatable bonds is 6. The van der Waals surface area contributed by atoms with E-state index in [-0.39, 0.29) is 11.9 Å². The highest BCUT2D eigenvalue weighted by atomic mass is 35.5. The van der Waals surface area contributed by atoms with Crippen molar-refractivity contribution in [1.82, 2.24) is 15.5 Å². The molecule has 28 heavy (non-hydrogen) atoms. The quantitative estimate of drug-likeness (QED) is 0.573. The van der Waals surface area contributed by atoms with Crippen molar-refractivity contribution in [1.29, 1.82) is 0 Å². The number of guanidine groups is 1. The first-order chi connectivity index (χ1) is 13.7. The monoisotopic (exact) mass is 404 g/mol. The summed E-state index contributed by atoms with van der Waals surface area (Å²) in [5, 5.41) is 7.37. The second-order valence-corrected chi connectivity index (χ2v) is 7.03. The van der Waals surface area contributed by atoms with Crippen molar-refractivity contribution in [3.05, 3.63) is 70.5 Å². The van der Waals surface area contributed by atoms with Crippen molar-refractivity contribution in [2.75, 3.05) is 39.9 Å². The molecule has 1 aliphatic rings. The van der Waals surface area contributed by atoms with Gasteiger partial charge in [-0.1, -0.05) is 41.9 Å². The smallest absolute Gasteiger partial charge is 0.191 e. The van der Waals surface area contributed by atoms with E-state index < -0.39 is 0 Å². The number of nitrogens with one attached hydrogen (secondary N) is 2. The van der Waals surface area contributed by atoms with Gasteiger partial charge in [0.15, 0.2) is 5.96 Å². The van der Waals surface area contributed by atoms with E-state index in [0.717, 1.165) is 29.2 Å². The molecular formula is C21H26ClFN4O. The van der Waals surface area contributed by atoms with Gasteiger partial charge < -0.3 is 15.4 Å². The molecule has 0 bridgehead atoms. The van der Waals surface area contributed by atoms with Crippen molar-refractivity contribution in [2.45, 2.75) is 12.6 Å². The van der Waals surface area contributed by atoms with Crippen LogP contribution in [0, 0.1) is 5.82 Å². The summed E-state index contributed by atoms with van der Waals surface area (Å²) < 4.78 is 18.9. The third-order valence-corrected chi connectivity index (χ3v) is 5.13. The normalized spacial score (nSPS) is 16.6. The molecule has 3 rings (SSSR count). The lowest BCUT2D eigenvalue weighted by molar-refractivity contribution is 0.0170. The van der Waals surface area contributed by atoms with Gasteiger partial charge >= 0.3 is 0 Å². The van der Waals surface area contributed by atoms with Crippen LogP contribution in [0.4, 0.5) is 4.39 Å². The van der Waals surface area contributed by atoms with Gasteiger partial charge in [-0.3, -0.25) is 9.89 Å². The summed E-state index contributed by atoms with van der Waals surface area (Å²) in [4.78, 5) is 6.66. The Bertz CT molecular complexity index is 795. The van der Waals surface area contributed by atoms with Crippen molar-refractivity contribution in [3.8, 4) is 0 Å². The van der Waals surface area contributed by atoms with Crippen LogP contribution in [-0.2, 0) is 11.3 Å². The van der Waals surface area contributed by atoms with E-state index in [1.807, 2.05) is 24.3 Å². The Morgan fingerprint density at radius 2 is 1.96 bits per heavy atom. The molecule has 1 aliphatic heterocycles. The van der Waals surface area contributed by atoms with Gasteiger partial charge in [0.1, 0.15) is 5.82 Å². The summed E-state index contributed by atoms with van der Waals surface area (Å²) in [7, 11) is 1.72. The largest absolute Gasteiger partial charge is 0.379 e. The highest BCUT2D eigenvalue weighted by Gasteiger charge is 2.24. The van der Waals surface area contributed by atoms with Crippen LogP contribution in [0.1, 0.15) is 17.2 Å². The molecule has 7 heteroatoms. The van der Waals surface area contributed by atoms with E-state index in [4.69, 9.17) is 16.3 Å². The molecule has 0 saturated carbocycles. The van der Waals surface area contributed by atoms with Crippen molar-refractivity contribution in [3.63, 3.8) is 0 Å². The van der Waals surface area contributed by atoms with E-state index in [1.165, 1.54) is 12.1 Å². The minimum Gasteiger partial charge on any atom is -0.379 e. The van der Waals surface area contributed by atoms with Gasteiger partial charge in [-0.2, -0.15) is 0 Å². The topological polar surface area (TPSA) is 48.9 Å². The fourth-order valence-corrected chi connectivity index (χ4v) is 3.58. The molecule has 1 fully saturated rings. The Hall–Kier alpha value is -2.15. The van der Waals surface area contributed by atoms with Crippen LogP contribution in [0.5, 0.6) is 0 Å². The van der Waals surface area contributed by atoms with Crippen LogP contribution in [-0.4, -0.2) is 50.8 Å². The standard InChI is InChI=1S/C21H26ClFN4O/c1-24-21(25-14-16-5-4-6-17(23)13-16)26-15-20(27-9-11-28-12-10-27)18-7-2-3-8-19(18)22/h2-8,13,20H,9-12,14-15H2,1H3,(H2,24,25,26). The van der Waals surface area contributed by atoms with Crippen LogP contribution in [0.25, 0.3) is 0 Å². The minimum absolute atomic E-state index is 0.102. The Morgan fingerprint density at radius 3 is 2.68 bits per heavy atom. The Balaban J connectivity index is 1.65. The average molecular weight is 405 g/mol. The number of hydrogen-bond acceptors (Lipinski definition) is 3. The molecule has 5 nitrogen and oxygen atoms in total. The molecule has 1 unspecified atom stereocenters. The molecule has 1 atom stereocenters. The summed E-state index contributed by atoms with van der Waals surface area (Å²) in [6.07, 6.45) is 0. The first kappa shape index (κ1) is 20.6. The maximum absolute atomic E-state index is 13.4. The SMILES string of the molecule is CN=C(NCc1cccc(F)c1)NCC(c1ccccc1Cl)N1CCOCC1. The minimum atomic E-state index is -0.242. The van der Waals surface area contributed by atoms with E-state index in [1.54, 1.807) is 13.1 Å². The average Bonchev–Trinajstić information content (AvgIpc) is 2.72. The lowest BCUT2D eigenvalue weighted by Crippen LogP contribution is -2.46. The fraction of sp³-hybridized carbons (Fsp3) is 0.381. The van der Waals surface area contributed by atoms with Crippen LogP contribution in [0.2, 0.25) is 5.02 Å². The van der Waals surface area contributed by atoms with Gasteiger partial charge in [-0.15, -0.1) is 0 Å². The number of ether oxygens (including phenoxy) is 1. The number of morpholine rings is 1. The summed E-state index contributed by atoms with van der Waals surface area (Å²) in [5.41, 5.74) is 1.94. The summed E-state index contributed by atoms with van der Waals surface area (Å²) >= 11 is 6.48. The van der Waals surface area contributed by atoms with Crippen LogP contribution < -0.4 is 10.6 Å². The van der Waals surface area contributed by atoms with Gasteiger partial charge in [-0.25, -0.2) is 4.39 Å². The van der Waals surface area contributed by atoms with Crippen LogP contribution >= 0.6 is 11.6 Å². The zero-order valence-electron chi connectivity index (χ0n) is 16.0. The van der Waals surface area contributed by atoms with Crippen molar-refractivity contribution >= 4 is 17.6 Å². The molecule has 0 radical (unpaired) electrons.